The number of hydrogen-bond acceptors (Lipinski definition) is 2. The van der Waals surface area contributed by atoms with Gasteiger partial charge in [0, 0.05) is 5.69 Å². The number of aliphatic imine (C=N–C) groups is 1. The molecule has 3 N–H and O–H groups in total. The van der Waals surface area contributed by atoms with Crippen LogP contribution in [0.3, 0.4) is 0 Å². The molecular weight excluding hydrogens is 283 g/mol. The zero-order valence-electron chi connectivity index (χ0n) is 11.8. The topological polar surface area (TPSA) is 59.6 Å². The van der Waals surface area contributed by atoms with Crippen molar-refractivity contribution in [2.45, 2.75) is 32.7 Å². The van der Waals surface area contributed by atoms with Crippen LogP contribution in [-0.4, -0.2) is 18.4 Å². The zero-order chi connectivity index (χ0) is 15.6. The number of rotatable bonds is 4. The molecule has 0 unspecified atom stereocenters. The van der Waals surface area contributed by atoms with Crippen LogP contribution < -0.4 is 15.8 Å². The Balaban J connectivity index is 1.90. The summed E-state index contributed by atoms with van der Waals surface area (Å²) >= 11 is 0. The summed E-state index contributed by atoms with van der Waals surface area (Å²) in [6.45, 7) is 4.28. The number of halogens is 3. The first-order valence-electron chi connectivity index (χ1n) is 6.70. The molecule has 0 spiro atoms. The lowest BCUT2D eigenvalue weighted by Gasteiger charge is -2.10. The number of nitrogens with zero attached hydrogens (tertiary/aromatic N) is 1. The number of ether oxygens (including phenoxy) is 1. The van der Waals surface area contributed by atoms with E-state index in [4.69, 9.17) is 5.73 Å². The van der Waals surface area contributed by atoms with E-state index in [9.17, 15) is 13.2 Å². The molecule has 0 bridgehead atoms. The number of hydrogen-bond donors (Lipinski definition) is 2. The van der Waals surface area contributed by atoms with Crippen molar-refractivity contribution in [2.24, 2.45) is 22.6 Å². The van der Waals surface area contributed by atoms with Crippen molar-refractivity contribution in [3.63, 3.8) is 0 Å². The van der Waals surface area contributed by atoms with Crippen LogP contribution in [0, 0.1) is 11.8 Å². The summed E-state index contributed by atoms with van der Waals surface area (Å²) < 4.78 is 39.9. The van der Waals surface area contributed by atoms with Crippen molar-refractivity contribution in [2.75, 3.05) is 5.32 Å². The molecule has 4 nitrogen and oxygen atoms in total. The molecule has 1 aromatic rings. The van der Waals surface area contributed by atoms with Crippen molar-refractivity contribution >= 4 is 11.6 Å². The molecule has 0 aliphatic heterocycles. The molecule has 0 radical (unpaired) electrons. The molecule has 0 heterocycles. The quantitative estimate of drug-likeness (QED) is 0.662. The number of nitrogens with one attached hydrogen (secondary N) is 1. The Kier molecular flexibility index (Phi) is 4.29. The van der Waals surface area contributed by atoms with Gasteiger partial charge in [0.25, 0.3) is 0 Å². The summed E-state index contributed by atoms with van der Waals surface area (Å²) in [6.07, 6.45) is -3.66. The number of anilines is 1. The van der Waals surface area contributed by atoms with Gasteiger partial charge in [-0.2, -0.15) is 0 Å². The van der Waals surface area contributed by atoms with Crippen LogP contribution in [0.1, 0.15) is 20.3 Å². The first-order chi connectivity index (χ1) is 9.74. The minimum atomic E-state index is -4.69. The van der Waals surface area contributed by atoms with Crippen LogP contribution in [0.25, 0.3) is 0 Å². The van der Waals surface area contributed by atoms with Gasteiger partial charge in [-0.1, -0.05) is 13.8 Å². The Bertz CT molecular complexity index is 511. The SMILES string of the molecule is CC(C)[C@@H]1C[C@H]1N=C(N)Nc1ccc(OC(F)(F)F)cc1. The molecular formula is C14H18F3N3O. The van der Waals surface area contributed by atoms with Crippen LogP contribution in [0.5, 0.6) is 5.75 Å². The zero-order valence-corrected chi connectivity index (χ0v) is 11.8. The largest absolute Gasteiger partial charge is 0.573 e. The highest BCUT2D eigenvalue weighted by atomic mass is 19.4. The van der Waals surface area contributed by atoms with Gasteiger partial charge in [-0.3, -0.25) is 0 Å². The summed E-state index contributed by atoms with van der Waals surface area (Å²) in [6, 6.07) is 5.59. The standard InChI is InChI=1S/C14H18F3N3O/c1-8(2)11-7-12(11)20-13(18)19-9-3-5-10(6-4-9)21-14(15,16)17/h3-6,8,11-12H,7H2,1-2H3,(H3,18,19,20)/t11-,12+/m0/s1. The highest BCUT2D eigenvalue weighted by Crippen LogP contribution is 2.39. The first kappa shape index (κ1) is 15.5. The normalized spacial score (nSPS) is 22.3. The summed E-state index contributed by atoms with van der Waals surface area (Å²) in [5.41, 5.74) is 6.34. The van der Waals surface area contributed by atoms with Crippen molar-refractivity contribution in [3.8, 4) is 5.75 Å². The van der Waals surface area contributed by atoms with Crippen molar-refractivity contribution in [1.29, 1.82) is 0 Å². The van der Waals surface area contributed by atoms with Crippen LogP contribution >= 0.6 is 0 Å². The predicted octanol–water partition coefficient (Wildman–Crippen LogP) is 3.36. The molecule has 1 aromatic carbocycles. The van der Waals surface area contributed by atoms with Crippen LogP contribution in [0.15, 0.2) is 29.3 Å². The number of nitrogens with two attached hydrogens (primary N) is 1. The van der Waals surface area contributed by atoms with Gasteiger partial charge in [-0.25, -0.2) is 4.99 Å². The molecule has 2 atom stereocenters. The number of benzene rings is 1. The van der Waals surface area contributed by atoms with E-state index in [-0.39, 0.29) is 17.8 Å². The fourth-order valence-corrected chi connectivity index (χ4v) is 2.16. The summed E-state index contributed by atoms with van der Waals surface area (Å²) in [7, 11) is 0. The summed E-state index contributed by atoms with van der Waals surface area (Å²) in [5, 5.41) is 2.85. The Hall–Kier alpha value is -1.92. The maximum atomic E-state index is 12.0. The lowest BCUT2D eigenvalue weighted by Crippen LogP contribution is -2.23. The Morgan fingerprint density at radius 1 is 1.33 bits per heavy atom. The minimum Gasteiger partial charge on any atom is -0.406 e. The third-order valence-electron chi connectivity index (χ3n) is 3.33. The van der Waals surface area contributed by atoms with E-state index in [0.717, 1.165) is 6.42 Å². The average molecular weight is 301 g/mol. The third kappa shape index (κ3) is 4.84. The second-order valence-electron chi connectivity index (χ2n) is 5.42. The molecule has 116 valence electrons. The monoisotopic (exact) mass is 301 g/mol. The Morgan fingerprint density at radius 2 is 1.95 bits per heavy atom. The van der Waals surface area contributed by atoms with E-state index in [1.807, 2.05) is 0 Å². The van der Waals surface area contributed by atoms with Gasteiger partial charge in [0.1, 0.15) is 5.75 Å². The fourth-order valence-electron chi connectivity index (χ4n) is 2.16. The average Bonchev–Trinajstić information content (AvgIpc) is 3.09. The number of guanidine groups is 1. The highest BCUT2D eigenvalue weighted by Gasteiger charge is 2.39. The Labute approximate surface area is 121 Å². The van der Waals surface area contributed by atoms with Crippen LogP contribution in [-0.2, 0) is 0 Å². The summed E-state index contributed by atoms with van der Waals surface area (Å²) in [4.78, 5) is 4.34. The molecule has 7 heteroatoms. The van der Waals surface area contributed by atoms with Gasteiger partial charge >= 0.3 is 6.36 Å². The molecule has 1 aliphatic carbocycles. The van der Waals surface area contributed by atoms with Gasteiger partial charge < -0.3 is 15.8 Å². The summed E-state index contributed by atoms with van der Waals surface area (Å²) in [5.74, 6) is 1.14. The Morgan fingerprint density at radius 3 is 2.43 bits per heavy atom. The maximum Gasteiger partial charge on any atom is 0.573 e. The maximum absolute atomic E-state index is 12.0. The van der Waals surface area contributed by atoms with E-state index >= 15 is 0 Å². The molecule has 0 amide bonds. The van der Waals surface area contributed by atoms with Crippen molar-refractivity contribution in [1.82, 2.24) is 0 Å². The highest BCUT2D eigenvalue weighted by molar-refractivity contribution is 5.92. The smallest absolute Gasteiger partial charge is 0.406 e. The second-order valence-corrected chi connectivity index (χ2v) is 5.42. The molecule has 21 heavy (non-hydrogen) atoms. The molecule has 1 saturated carbocycles. The van der Waals surface area contributed by atoms with Crippen LogP contribution in [0.4, 0.5) is 18.9 Å². The molecule has 1 fully saturated rings. The first-order valence-corrected chi connectivity index (χ1v) is 6.70. The van der Waals surface area contributed by atoms with Gasteiger partial charge in [0.2, 0.25) is 0 Å². The molecule has 2 rings (SSSR count). The molecule has 1 aliphatic rings. The molecule has 0 aromatic heterocycles. The minimum absolute atomic E-state index is 0.241. The predicted molar refractivity (Wildman–Crippen MR) is 75.1 cm³/mol. The fraction of sp³-hybridized carbons (Fsp3) is 0.500. The third-order valence-corrected chi connectivity index (χ3v) is 3.33. The van der Waals surface area contributed by atoms with Crippen LogP contribution in [0.2, 0.25) is 0 Å². The van der Waals surface area contributed by atoms with E-state index in [1.54, 1.807) is 0 Å². The van der Waals surface area contributed by atoms with E-state index in [0.29, 0.717) is 17.5 Å². The number of alkyl halides is 3. The van der Waals surface area contributed by atoms with Gasteiger partial charge in [-0.05, 0) is 42.5 Å². The lowest BCUT2D eigenvalue weighted by molar-refractivity contribution is -0.274. The van der Waals surface area contributed by atoms with Gasteiger partial charge in [-0.15, -0.1) is 13.2 Å². The van der Waals surface area contributed by atoms with Crippen molar-refractivity contribution in [3.05, 3.63) is 24.3 Å². The van der Waals surface area contributed by atoms with E-state index < -0.39 is 6.36 Å². The second kappa shape index (κ2) is 5.83. The van der Waals surface area contributed by atoms with E-state index in [1.165, 1.54) is 24.3 Å². The molecule has 0 saturated heterocycles. The van der Waals surface area contributed by atoms with Gasteiger partial charge in [0.15, 0.2) is 5.96 Å². The van der Waals surface area contributed by atoms with E-state index in [2.05, 4.69) is 28.9 Å². The van der Waals surface area contributed by atoms with Crippen molar-refractivity contribution < 1.29 is 17.9 Å². The lowest BCUT2D eigenvalue weighted by atomic mass is 10.1. The van der Waals surface area contributed by atoms with Gasteiger partial charge in [0.05, 0.1) is 6.04 Å².